The van der Waals surface area contributed by atoms with Crippen molar-refractivity contribution >= 4 is 6.09 Å². The fourth-order valence-corrected chi connectivity index (χ4v) is 2.70. The van der Waals surface area contributed by atoms with Crippen molar-refractivity contribution in [1.29, 1.82) is 0 Å². The summed E-state index contributed by atoms with van der Waals surface area (Å²) in [6.45, 7) is 8.55. The van der Waals surface area contributed by atoms with Crippen LogP contribution in [0.4, 0.5) is 4.79 Å². The van der Waals surface area contributed by atoms with E-state index in [0.29, 0.717) is 5.92 Å². The zero-order chi connectivity index (χ0) is 14.8. The molecule has 20 heavy (non-hydrogen) atoms. The summed E-state index contributed by atoms with van der Waals surface area (Å²) >= 11 is 0. The van der Waals surface area contributed by atoms with Crippen LogP contribution in [-0.4, -0.2) is 34.2 Å². The molecule has 2 heterocycles. The van der Waals surface area contributed by atoms with Gasteiger partial charge in [-0.25, -0.2) is 4.79 Å². The van der Waals surface area contributed by atoms with Gasteiger partial charge in [-0.3, -0.25) is 4.98 Å². The van der Waals surface area contributed by atoms with Gasteiger partial charge in [-0.05, 0) is 64.2 Å². The Hall–Kier alpha value is -1.58. The first-order chi connectivity index (χ1) is 9.37. The van der Waals surface area contributed by atoms with Crippen molar-refractivity contribution in [3.63, 3.8) is 0 Å². The van der Waals surface area contributed by atoms with Crippen LogP contribution >= 0.6 is 0 Å². The van der Waals surface area contributed by atoms with Crippen molar-refractivity contribution in [2.45, 2.75) is 58.1 Å². The molecule has 1 saturated heterocycles. The molecular weight excluding hydrogens is 252 g/mol. The van der Waals surface area contributed by atoms with Crippen LogP contribution in [0.1, 0.15) is 52.0 Å². The van der Waals surface area contributed by atoms with Crippen molar-refractivity contribution < 1.29 is 9.53 Å². The first-order valence-corrected chi connectivity index (χ1v) is 7.26. The second kappa shape index (κ2) is 5.81. The molecule has 0 bridgehead atoms. The molecule has 1 aliphatic rings. The number of carbonyl (C=O) groups is 1. The van der Waals surface area contributed by atoms with Crippen LogP contribution in [0.15, 0.2) is 24.5 Å². The van der Waals surface area contributed by atoms with E-state index in [2.05, 4.69) is 24.0 Å². The molecular formula is C16H24N2O2. The van der Waals surface area contributed by atoms with Crippen molar-refractivity contribution in [2.24, 2.45) is 0 Å². The standard InChI is InChI=1S/C16H24N2O2/c1-12-11-14(13-5-8-17-9-6-13)7-10-18(12)15(19)20-16(2,3)4/h5-6,8-9,12,14H,7,10-11H2,1-4H3. The molecule has 2 unspecified atom stereocenters. The molecule has 1 aromatic rings. The summed E-state index contributed by atoms with van der Waals surface area (Å²) in [6.07, 6.45) is 5.43. The predicted octanol–water partition coefficient (Wildman–Crippen LogP) is 3.58. The highest BCUT2D eigenvalue weighted by atomic mass is 16.6. The van der Waals surface area contributed by atoms with E-state index in [0.717, 1.165) is 19.4 Å². The molecule has 0 aliphatic carbocycles. The molecule has 1 aliphatic heterocycles. The van der Waals surface area contributed by atoms with Gasteiger partial charge in [0.15, 0.2) is 0 Å². The van der Waals surface area contributed by atoms with Crippen LogP contribution in [0, 0.1) is 0 Å². The van der Waals surface area contributed by atoms with E-state index in [1.165, 1.54) is 5.56 Å². The monoisotopic (exact) mass is 276 g/mol. The summed E-state index contributed by atoms with van der Waals surface area (Å²) in [5, 5.41) is 0. The smallest absolute Gasteiger partial charge is 0.410 e. The number of amides is 1. The minimum Gasteiger partial charge on any atom is -0.444 e. The molecule has 0 radical (unpaired) electrons. The average molecular weight is 276 g/mol. The van der Waals surface area contributed by atoms with Gasteiger partial charge < -0.3 is 9.64 Å². The van der Waals surface area contributed by atoms with E-state index in [4.69, 9.17) is 4.74 Å². The van der Waals surface area contributed by atoms with Gasteiger partial charge in [-0.15, -0.1) is 0 Å². The van der Waals surface area contributed by atoms with Gasteiger partial charge in [0.1, 0.15) is 5.60 Å². The predicted molar refractivity (Wildman–Crippen MR) is 78.6 cm³/mol. The molecule has 2 rings (SSSR count). The van der Waals surface area contributed by atoms with Crippen LogP contribution in [0.25, 0.3) is 0 Å². The Morgan fingerprint density at radius 2 is 2.00 bits per heavy atom. The summed E-state index contributed by atoms with van der Waals surface area (Å²) < 4.78 is 5.47. The summed E-state index contributed by atoms with van der Waals surface area (Å²) in [5.74, 6) is 0.506. The van der Waals surface area contributed by atoms with Crippen molar-refractivity contribution in [1.82, 2.24) is 9.88 Å². The van der Waals surface area contributed by atoms with E-state index in [1.807, 2.05) is 38.1 Å². The largest absolute Gasteiger partial charge is 0.444 e. The highest BCUT2D eigenvalue weighted by molar-refractivity contribution is 5.68. The zero-order valence-corrected chi connectivity index (χ0v) is 12.8. The lowest BCUT2D eigenvalue weighted by Gasteiger charge is -2.38. The molecule has 1 aromatic heterocycles. The summed E-state index contributed by atoms with van der Waals surface area (Å²) in [6, 6.07) is 4.35. The molecule has 0 aromatic carbocycles. The maximum Gasteiger partial charge on any atom is 0.410 e. The number of hydrogen-bond acceptors (Lipinski definition) is 3. The summed E-state index contributed by atoms with van der Waals surface area (Å²) in [4.78, 5) is 18.1. The van der Waals surface area contributed by atoms with E-state index < -0.39 is 5.60 Å². The Bertz CT molecular complexity index is 453. The van der Waals surface area contributed by atoms with Crippen LogP contribution < -0.4 is 0 Å². The normalized spacial score (nSPS) is 23.5. The maximum absolute atomic E-state index is 12.2. The number of ether oxygens (including phenoxy) is 1. The van der Waals surface area contributed by atoms with Gasteiger partial charge in [-0.1, -0.05) is 0 Å². The minimum atomic E-state index is -0.432. The van der Waals surface area contributed by atoms with Crippen LogP contribution in [0.5, 0.6) is 0 Å². The van der Waals surface area contributed by atoms with Gasteiger partial charge >= 0.3 is 6.09 Å². The Labute approximate surface area is 121 Å². The number of carbonyl (C=O) groups excluding carboxylic acids is 1. The minimum absolute atomic E-state index is 0.196. The molecule has 4 nitrogen and oxygen atoms in total. The molecule has 0 saturated carbocycles. The molecule has 2 atom stereocenters. The Kier molecular flexibility index (Phi) is 4.31. The van der Waals surface area contributed by atoms with Crippen molar-refractivity contribution in [3.05, 3.63) is 30.1 Å². The molecule has 110 valence electrons. The van der Waals surface area contributed by atoms with Gasteiger partial charge in [0.05, 0.1) is 0 Å². The van der Waals surface area contributed by atoms with Crippen LogP contribution in [0.3, 0.4) is 0 Å². The van der Waals surface area contributed by atoms with Gasteiger partial charge in [-0.2, -0.15) is 0 Å². The van der Waals surface area contributed by atoms with Gasteiger partial charge in [0.25, 0.3) is 0 Å². The topological polar surface area (TPSA) is 42.4 Å². The first kappa shape index (κ1) is 14.8. The van der Waals surface area contributed by atoms with E-state index >= 15 is 0 Å². The number of nitrogens with zero attached hydrogens (tertiary/aromatic N) is 2. The number of rotatable bonds is 1. The fraction of sp³-hybridized carbons (Fsp3) is 0.625. The second-order valence-corrected chi connectivity index (χ2v) is 6.52. The highest BCUT2D eigenvalue weighted by Gasteiger charge is 2.32. The molecule has 0 N–H and O–H groups in total. The van der Waals surface area contributed by atoms with Crippen LogP contribution in [0.2, 0.25) is 0 Å². The number of aromatic nitrogens is 1. The number of pyridine rings is 1. The zero-order valence-electron chi connectivity index (χ0n) is 12.8. The van der Waals surface area contributed by atoms with Crippen LogP contribution in [-0.2, 0) is 4.74 Å². The first-order valence-electron chi connectivity index (χ1n) is 7.26. The van der Waals surface area contributed by atoms with Gasteiger partial charge in [0.2, 0.25) is 0 Å². The number of piperidine rings is 1. The Morgan fingerprint density at radius 1 is 1.35 bits per heavy atom. The van der Waals surface area contributed by atoms with Gasteiger partial charge in [0, 0.05) is 25.0 Å². The number of likely N-dealkylation sites (tertiary alicyclic amines) is 1. The Balaban J connectivity index is 1.98. The summed E-state index contributed by atoms with van der Waals surface area (Å²) in [7, 11) is 0. The molecule has 4 heteroatoms. The molecule has 1 fully saturated rings. The van der Waals surface area contributed by atoms with E-state index in [1.54, 1.807) is 0 Å². The highest BCUT2D eigenvalue weighted by Crippen LogP contribution is 2.31. The third-order valence-corrected chi connectivity index (χ3v) is 3.68. The second-order valence-electron chi connectivity index (χ2n) is 6.52. The lowest BCUT2D eigenvalue weighted by Crippen LogP contribution is -2.46. The maximum atomic E-state index is 12.2. The molecule has 1 amide bonds. The third kappa shape index (κ3) is 3.71. The van der Waals surface area contributed by atoms with Crippen molar-refractivity contribution in [2.75, 3.05) is 6.54 Å². The summed E-state index contributed by atoms with van der Waals surface area (Å²) in [5.41, 5.74) is 0.884. The number of hydrogen-bond donors (Lipinski definition) is 0. The Morgan fingerprint density at radius 3 is 2.55 bits per heavy atom. The molecule has 0 spiro atoms. The lowest BCUT2D eigenvalue weighted by molar-refractivity contribution is 0.0103. The van der Waals surface area contributed by atoms with E-state index in [-0.39, 0.29) is 12.1 Å². The van der Waals surface area contributed by atoms with Crippen molar-refractivity contribution in [3.8, 4) is 0 Å². The lowest BCUT2D eigenvalue weighted by atomic mass is 9.86. The average Bonchev–Trinajstić information content (AvgIpc) is 2.37. The van der Waals surface area contributed by atoms with E-state index in [9.17, 15) is 4.79 Å². The quantitative estimate of drug-likeness (QED) is 0.787. The fourth-order valence-electron chi connectivity index (χ4n) is 2.70. The SMILES string of the molecule is CC1CC(c2ccncc2)CCN1C(=O)OC(C)(C)C. The third-order valence-electron chi connectivity index (χ3n) is 3.68.